The van der Waals surface area contributed by atoms with Crippen molar-refractivity contribution < 1.29 is 14.0 Å². The molecular formula is C10H9FN2O2. The topological polar surface area (TPSA) is 49.4 Å². The van der Waals surface area contributed by atoms with Gasteiger partial charge in [-0.25, -0.2) is 9.29 Å². The molecule has 1 N–H and O–H groups in total. The first-order valence-electron chi connectivity index (χ1n) is 4.50. The Bertz CT molecular complexity index is 386. The number of halogens is 1. The summed E-state index contributed by atoms with van der Waals surface area (Å²) in [6, 6.07) is 5.27. The molecule has 0 bridgehead atoms. The standard InChI is InChI=1S/C10H9FN2O2/c11-7-1-3-8(4-2-7)13-9(14)5-12-6-10(13)15/h1-4,12H,5-6H2. The van der Waals surface area contributed by atoms with Gasteiger partial charge in [-0.15, -0.1) is 0 Å². The molecule has 78 valence electrons. The van der Waals surface area contributed by atoms with Gasteiger partial charge in [-0.1, -0.05) is 0 Å². The second kappa shape index (κ2) is 3.78. The zero-order chi connectivity index (χ0) is 10.8. The van der Waals surface area contributed by atoms with Gasteiger partial charge in [0, 0.05) is 0 Å². The highest BCUT2D eigenvalue weighted by Gasteiger charge is 2.26. The van der Waals surface area contributed by atoms with E-state index < -0.39 is 5.82 Å². The Morgan fingerprint density at radius 3 is 2.13 bits per heavy atom. The molecule has 1 aromatic carbocycles. The number of hydrogen-bond donors (Lipinski definition) is 1. The molecule has 1 aliphatic heterocycles. The van der Waals surface area contributed by atoms with Gasteiger partial charge < -0.3 is 0 Å². The lowest BCUT2D eigenvalue weighted by Crippen LogP contribution is -2.52. The number of nitrogens with zero attached hydrogens (tertiary/aromatic N) is 1. The number of amides is 2. The number of carbonyl (C=O) groups excluding carboxylic acids is 2. The molecule has 1 heterocycles. The maximum Gasteiger partial charge on any atom is 0.247 e. The van der Waals surface area contributed by atoms with Gasteiger partial charge in [-0.3, -0.25) is 14.9 Å². The van der Waals surface area contributed by atoms with Crippen LogP contribution in [0.5, 0.6) is 0 Å². The summed E-state index contributed by atoms with van der Waals surface area (Å²) in [5, 5.41) is 2.68. The zero-order valence-corrected chi connectivity index (χ0v) is 7.87. The van der Waals surface area contributed by atoms with Crippen LogP contribution in [0.3, 0.4) is 0 Å². The number of hydrogen-bond acceptors (Lipinski definition) is 3. The van der Waals surface area contributed by atoms with Crippen LogP contribution in [0.15, 0.2) is 24.3 Å². The fourth-order valence-corrected chi connectivity index (χ4v) is 1.45. The maximum absolute atomic E-state index is 12.6. The number of carbonyl (C=O) groups is 2. The Morgan fingerprint density at radius 2 is 1.60 bits per heavy atom. The molecule has 2 rings (SSSR count). The van der Waals surface area contributed by atoms with Crippen LogP contribution in [-0.4, -0.2) is 24.9 Å². The Balaban J connectivity index is 2.31. The first-order valence-corrected chi connectivity index (χ1v) is 4.50. The summed E-state index contributed by atoms with van der Waals surface area (Å²) in [5.74, 6) is -1.04. The normalized spacial score (nSPS) is 17.0. The van der Waals surface area contributed by atoms with Crippen LogP contribution in [0, 0.1) is 5.82 Å². The number of imide groups is 1. The van der Waals surface area contributed by atoms with Crippen molar-refractivity contribution in [3.8, 4) is 0 Å². The summed E-state index contributed by atoms with van der Waals surface area (Å²) < 4.78 is 12.6. The summed E-state index contributed by atoms with van der Waals surface area (Å²) in [5.41, 5.74) is 0.410. The van der Waals surface area contributed by atoms with Crippen LogP contribution < -0.4 is 10.2 Å². The van der Waals surface area contributed by atoms with Gasteiger partial charge >= 0.3 is 0 Å². The second-order valence-electron chi connectivity index (χ2n) is 3.20. The summed E-state index contributed by atoms with van der Waals surface area (Å²) in [6.45, 7) is 0.256. The molecule has 0 spiro atoms. The summed E-state index contributed by atoms with van der Waals surface area (Å²) in [7, 11) is 0. The number of benzene rings is 1. The van der Waals surface area contributed by atoms with Crippen molar-refractivity contribution in [3.63, 3.8) is 0 Å². The van der Waals surface area contributed by atoms with E-state index in [1.807, 2.05) is 0 Å². The molecule has 0 aliphatic carbocycles. The second-order valence-corrected chi connectivity index (χ2v) is 3.20. The molecule has 0 aromatic heterocycles. The molecule has 0 radical (unpaired) electrons. The lowest BCUT2D eigenvalue weighted by atomic mass is 10.2. The molecule has 1 aromatic rings. The van der Waals surface area contributed by atoms with Gasteiger partial charge in [0.05, 0.1) is 18.8 Å². The van der Waals surface area contributed by atoms with Crippen LogP contribution in [-0.2, 0) is 9.59 Å². The van der Waals surface area contributed by atoms with Gasteiger partial charge in [-0.2, -0.15) is 0 Å². The fraction of sp³-hybridized carbons (Fsp3) is 0.200. The van der Waals surface area contributed by atoms with Gasteiger partial charge in [0.1, 0.15) is 5.82 Å². The molecule has 4 nitrogen and oxygen atoms in total. The smallest absolute Gasteiger partial charge is 0.247 e. The van der Waals surface area contributed by atoms with E-state index >= 15 is 0 Å². The fourth-order valence-electron chi connectivity index (χ4n) is 1.45. The predicted octanol–water partition coefficient (Wildman–Crippen LogP) is 0.288. The van der Waals surface area contributed by atoms with Crippen LogP contribution in [0.2, 0.25) is 0 Å². The molecule has 1 aliphatic rings. The van der Waals surface area contributed by atoms with E-state index in [1.165, 1.54) is 24.3 Å². The highest BCUT2D eigenvalue weighted by Crippen LogP contribution is 2.16. The van der Waals surface area contributed by atoms with Crippen molar-refractivity contribution in [2.24, 2.45) is 0 Å². The van der Waals surface area contributed by atoms with E-state index in [-0.39, 0.29) is 24.9 Å². The third kappa shape index (κ3) is 1.87. The molecule has 1 saturated heterocycles. The van der Waals surface area contributed by atoms with Crippen LogP contribution >= 0.6 is 0 Å². The number of nitrogens with one attached hydrogen (secondary N) is 1. The Labute approximate surface area is 85.7 Å². The predicted molar refractivity (Wildman–Crippen MR) is 51.8 cm³/mol. The lowest BCUT2D eigenvalue weighted by molar-refractivity contribution is -0.127. The monoisotopic (exact) mass is 208 g/mol. The Kier molecular flexibility index (Phi) is 2.47. The van der Waals surface area contributed by atoms with Gasteiger partial charge in [0.25, 0.3) is 0 Å². The number of piperazine rings is 1. The summed E-state index contributed by atoms with van der Waals surface area (Å²) in [6.07, 6.45) is 0. The Morgan fingerprint density at radius 1 is 1.07 bits per heavy atom. The number of anilines is 1. The van der Waals surface area contributed by atoms with Gasteiger partial charge in [-0.05, 0) is 24.3 Å². The first-order chi connectivity index (χ1) is 7.18. The zero-order valence-electron chi connectivity index (χ0n) is 7.87. The van der Waals surface area contributed by atoms with Crippen molar-refractivity contribution in [3.05, 3.63) is 30.1 Å². The van der Waals surface area contributed by atoms with E-state index in [0.717, 1.165) is 4.90 Å². The molecule has 0 atom stereocenters. The average Bonchev–Trinajstić information content (AvgIpc) is 2.20. The Hall–Kier alpha value is -1.75. The molecular weight excluding hydrogens is 199 g/mol. The minimum atomic E-state index is -0.395. The molecule has 5 heteroatoms. The highest BCUT2D eigenvalue weighted by molar-refractivity contribution is 6.17. The quantitative estimate of drug-likeness (QED) is 0.675. The van der Waals surface area contributed by atoms with Crippen LogP contribution in [0.1, 0.15) is 0 Å². The summed E-state index contributed by atoms with van der Waals surface area (Å²) in [4.78, 5) is 23.9. The lowest BCUT2D eigenvalue weighted by Gasteiger charge is -2.25. The van der Waals surface area contributed by atoms with Crippen LogP contribution in [0.25, 0.3) is 0 Å². The van der Waals surface area contributed by atoms with E-state index in [0.29, 0.717) is 5.69 Å². The highest BCUT2D eigenvalue weighted by atomic mass is 19.1. The third-order valence-corrected chi connectivity index (χ3v) is 2.14. The maximum atomic E-state index is 12.6. The van der Waals surface area contributed by atoms with Crippen LogP contribution in [0.4, 0.5) is 10.1 Å². The van der Waals surface area contributed by atoms with E-state index in [1.54, 1.807) is 0 Å². The van der Waals surface area contributed by atoms with Crippen molar-refractivity contribution >= 4 is 17.5 Å². The van der Waals surface area contributed by atoms with E-state index in [2.05, 4.69) is 5.32 Å². The van der Waals surface area contributed by atoms with Gasteiger partial charge in [0.2, 0.25) is 11.8 Å². The minimum Gasteiger partial charge on any atom is -0.300 e. The number of rotatable bonds is 1. The minimum absolute atomic E-state index is 0.128. The molecule has 0 saturated carbocycles. The first kappa shape index (κ1) is 9.79. The SMILES string of the molecule is O=C1CNCC(=O)N1c1ccc(F)cc1. The molecule has 15 heavy (non-hydrogen) atoms. The van der Waals surface area contributed by atoms with Gasteiger partial charge in [0.15, 0.2) is 0 Å². The van der Waals surface area contributed by atoms with Crippen molar-refractivity contribution in [2.75, 3.05) is 18.0 Å². The average molecular weight is 208 g/mol. The largest absolute Gasteiger partial charge is 0.300 e. The molecule has 1 fully saturated rings. The summed E-state index contributed by atoms with van der Waals surface area (Å²) >= 11 is 0. The van der Waals surface area contributed by atoms with Crippen molar-refractivity contribution in [1.29, 1.82) is 0 Å². The molecule has 0 unspecified atom stereocenters. The van der Waals surface area contributed by atoms with E-state index in [4.69, 9.17) is 0 Å². The third-order valence-electron chi connectivity index (χ3n) is 2.14. The van der Waals surface area contributed by atoms with E-state index in [9.17, 15) is 14.0 Å². The van der Waals surface area contributed by atoms with Crippen molar-refractivity contribution in [2.45, 2.75) is 0 Å². The molecule has 2 amide bonds. The van der Waals surface area contributed by atoms with Crippen molar-refractivity contribution in [1.82, 2.24) is 5.32 Å².